The number of methoxy groups -OCH3 is 1. The van der Waals surface area contributed by atoms with Crippen LogP contribution in [0.4, 0.5) is 0 Å². The number of rotatable bonds is 1. The molecule has 0 bridgehead atoms. The van der Waals surface area contributed by atoms with Gasteiger partial charge in [-0.2, -0.15) is 0 Å². The van der Waals surface area contributed by atoms with Crippen molar-refractivity contribution in [1.82, 2.24) is 0 Å². The van der Waals surface area contributed by atoms with Crippen LogP contribution in [0.1, 0.15) is 19.8 Å². The molecule has 1 rings (SSSR count). The second-order valence-corrected chi connectivity index (χ2v) is 3.27. The largest absolute Gasteiger partial charge is 0.390 e. The maximum absolute atomic E-state index is 9.42. The molecule has 1 aliphatic carbocycles. The predicted molar refractivity (Wildman–Crippen MR) is 41.2 cm³/mol. The summed E-state index contributed by atoms with van der Waals surface area (Å²) in [7, 11) is 1.64. The first-order valence-electron chi connectivity index (χ1n) is 4.05. The minimum absolute atomic E-state index is 0.0451. The molecule has 1 saturated carbocycles. The molecule has 3 heteroatoms. The normalized spacial score (nSPS) is 45.8. The van der Waals surface area contributed by atoms with Gasteiger partial charge in [-0.15, -0.1) is 0 Å². The van der Waals surface area contributed by atoms with Crippen LogP contribution >= 0.6 is 0 Å². The van der Waals surface area contributed by atoms with E-state index in [2.05, 4.69) is 0 Å². The van der Waals surface area contributed by atoms with Gasteiger partial charge in [-0.1, -0.05) is 6.92 Å². The van der Waals surface area contributed by atoms with Gasteiger partial charge in [0.05, 0.1) is 18.3 Å². The zero-order valence-electron chi connectivity index (χ0n) is 7.03. The lowest BCUT2D eigenvalue weighted by atomic mass is 9.83. The zero-order valence-corrected chi connectivity index (χ0v) is 7.03. The fourth-order valence-corrected chi connectivity index (χ4v) is 1.67. The Hall–Kier alpha value is -0.120. The third kappa shape index (κ3) is 1.72. The van der Waals surface area contributed by atoms with Gasteiger partial charge in [0.15, 0.2) is 0 Å². The van der Waals surface area contributed by atoms with Gasteiger partial charge in [0, 0.05) is 13.0 Å². The Bertz CT molecular complexity index is 125. The van der Waals surface area contributed by atoms with Crippen molar-refractivity contribution >= 4 is 0 Å². The highest BCUT2D eigenvalue weighted by atomic mass is 16.5. The Morgan fingerprint density at radius 2 is 1.91 bits per heavy atom. The SMILES string of the molecule is COC1CCC(O)C(O)C1C. The molecular formula is C8H16O3. The molecular weight excluding hydrogens is 144 g/mol. The molecule has 0 radical (unpaired) electrons. The smallest absolute Gasteiger partial charge is 0.0849 e. The Balaban J connectivity index is 2.52. The number of ether oxygens (including phenoxy) is 1. The molecule has 0 aliphatic heterocycles. The molecule has 3 nitrogen and oxygen atoms in total. The van der Waals surface area contributed by atoms with Gasteiger partial charge >= 0.3 is 0 Å². The monoisotopic (exact) mass is 160 g/mol. The van der Waals surface area contributed by atoms with E-state index < -0.39 is 12.2 Å². The first-order valence-corrected chi connectivity index (χ1v) is 4.05. The van der Waals surface area contributed by atoms with Crippen LogP contribution in [-0.4, -0.2) is 35.6 Å². The molecule has 66 valence electrons. The minimum atomic E-state index is -0.617. The summed E-state index contributed by atoms with van der Waals surface area (Å²) in [5.41, 5.74) is 0. The van der Waals surface area contributed by atoms with Crippen LogP contribution in [0.5, 0.6) is 0 Å². The van der Waals surface area contributed by atoms with Crippen molar-refractivity contribution in [2.75, 3.05) is 7.11 Å². The highest BCUT2D eigenvalue weighted by Gasteiger charge is 2.34. The van der Waals surface area contributed by atoms with Crippen molar-refractivity contribution in [1.29, 1.82) is 0 Å². The molecule has 0 amide bonds. The predicted octanol–water partition coefficient (Wildman–Crippen LogP) is 0.153. The number of aliphatic hydroxyl groups excluding tert-OH is 2. The van der Waals surface area contributed by atoms with E-state index in [9.17, 15) is 10.2 Å². The third-order valence-corrected chi connectivity index (χ3v) is 2.57. The topological polar surface area (TPSA) is 49.7 Å². The second kappa shape index (κ2) is 3.52. The summed E-state index contributed by atoms with van der Waals surface area (Å²) in [6.07, 6.45) is 0.415. The zero-order chi connectivity index (χ0) is 8.43. The minimum Gasteiger partial charge on any atom is -0.390 e. The summed E-state index contributed by atoms with van der Waals surface area (Å²) >= 11 is 0. The molecule has 1 fully saturated rings. The lowest BCUT2D eigenvalue weighted by molar-refractivity contribution is -0.0996. The molecule has 0 aromatic carbocycles. The van der Waals surface area contributed by atoms with Gasteiger partial charge in [-0.05, 0) is 12.8 Å². The molecule has 2 N–H and O–H groups in total. The van der Waals surface area contributed by atoms with Crippen molar-refractivity contribution in [3.8, 4) is 0 Å². The molecule has 1 aliphatic rings. The second-order valence-electron chi connectivity index (χ2n) is 3.27. The van der Waals surface area contributed by atoms with Crippen LogP contribution in [0.2, 0.25) is 0 Å². The number of hydrogen-bond acceptors (Lipinski definition) is 3. The summed E-state index contributed by atoms with van der Waals surface area (Å²) < 4.78 is 5.15. The lowest BCUT2D eigenvalue weighted by Gasteiger charge is -2.35. The summed E-state index contributed by atoms with van der Waals surface area (Å²) in [6, 6.07) is 0. The molecule has 0 aromatic rings. The molecule has 4 unspecified atom stereocenters. The van der Waals surface area contributed by atoms with E-state index in [0.717, 1.165) is 6.42 Å². The van der Waals surface area contributed by atoms with E-state index in [1.165, 1.54) is 0 Å². The van der Waals surface area contributed by atoms with Crippen molar-refractivity contribution in [2.24, 2.45) is 5.92 Å². The van der Waals surface area contributed by atoms with Gasteiger partial charge in [-0.3, -0.25) is 0 Å². The van der Waals surface area contributed by atoms with Crippen molar-refractivity contribution in [2.45, 2.75) is 38.1 Å². The summed E-state index contributed by atoms with van der Waals surface area (Å²) in [5, 5.41) is 18.7. The third-order valence-electron chi connectivity index (χ3n) is 2.57. The van der Waals surface area contributed by atoms with Crippen molar-refractivity contribution in [3.63, 3.8) is 0 Å². The molecule has 0 saturated heterocycles. The number of hydrogen-bond donors (Lipinski definition) is 2. The average Bonchev–Trinajstić information content (AvgIpc) is 2.01. The van der Waals surface area contributed by atoms with Crippen LogP contribution in [0.25, 0.3) is 0 Å². The molecule has 4 atom stereocenters. The standard InChI is InChI=1S/C8H16O3/c1-5-7(11-2)4-3-6(9)8(5)10/h5-10H,3-4H2,1-2H3. The van der Waals surface area contributed by atoms with Crippen LogP contribution < -0.4 is 0 Å². The molecule has 0 heterocycles. The average molecular weight is 160 g/mol. The van der Waals surface area contributed by atoms with Crippen LogP contribution in [0.3, 0.4) is 0 Å². The Morgan fingerprint density at radius 1 is 1.27 bits per heavy atom. The fourth-order valence-electron chi connectivity index (χ4n) is 1.67. The molecule has 11 heavy (non-hydrogen) atoms. The van der Waals surface area contributed by atoms with Crippen molar-refractivity contribution < 1.29 is 14.9 Å². The maximum Gasteiger partial charge on any atom is 0.0849 e. The maximum atomic E-state index is 9.42. The van der Waals surface area contributed by atoms with Crippen LogP contribution in [-0.2, 0) is 4.74 Å². The highest BCUT2D eigenvalue weighted by molar-refractivity contribution is 4.85. The van der Waals surface area contributed by atoms with E-state index in [1.807, 2.05) is 6.92 Å². The van der Waals surface area contributed by atoms with Gasteiger partial charge in [-0.25, -0.2) is 0 Å². The van der Waals surface area contributed by atoms with Gasteiger partial charge in [0.1, 0.15) is 0 Å². The summed E-state index contributed by atoms with van der Waals surface area (Å²) in [6.45, 7) is 1.90. The first kappa shape index (κ1) is 8.97. The van der Waals surface area contributed by atoms with E-state index in [1.54, 1.807) is 7.11 Å². The van der Waals surface area contributed by atoms with Gasteiger partial charge < -0.3 is 14.9 Å². The Labute approximate surface area is 67.0 Å². The van der Waals surface area contributed by atoms with E-state index in [0.29, 0.717) is 6.42 Å². The van der Waals surface area contributed by atoms with Gasteiger partial charge in [0.2, 0.25) is 0 Å². The Kier molecular flexibility index (Phi) is 2.87. The quantitative estimate of drug-likeness (QED) is 0.574. The van der Waals surface area contributed by atoms with E-state index >= 15 is 0 Å². The van der Waals surface area contributed by atoms with Gasteiger partial charge in [0.25, 0.3) is 0 Å². The number of aliphatic hydroxyl groups is 2. The first-order chi connectivity index (χ1) is 5.16. The summed E-state index contributed by atoms with van der Waals surface area (Å²) in [4.78, 5) is 0. The van der Waals surface area contributed by atoms with Crippen LogP contribution in [0, 0.1) is 5.92 Å². The van der Waals surface area contributed by atoms with E-state index in [-0.39, 0.29) is 12.0 Å². The van der Waals surface area contributed by atoms with Crippen molar-refractivity contribution in [3.05, 3.63) is 0 Å². The molecule has 0 spiro atoms. The lowest BCUT2D eigenvalue weighted by Crippen LogP contribution is -2.44. The molecule has 0 aromatic heterocycles. The summed E-state index contributed by atoms with van der Waals surface area (Å²) in [5.74, 6) is 0.0451. The Morgan fingerprint density at radius 3 is 2.45 bits per heavy atom. The van der Waals surface area contributed by atoms with E-state index in [4.69, 9.17) is 4.74 Å². The van der Waals surface area contributed by atoms with Crippen LogP contribution in [0.15, 0.2) is 0 Å². The fraction of sp³-hybridized carbons (Fsp3) is 1.00. The highest BCUT2D eigenvalue weighted by Crippen LogP contribution is 2.26.